The van der Waals surface area contributed by atoms with Gasteiger partial charge >= 0.3 is 0 Å². The topological polar surface area (TPSA) is 156 Å². The number of carbonyl (C=O) groups excluding carboxylic acids is 1. The molecule has 0 spiro atoms. The number of aromatic nitrogens is 4. The fraction of sp³-hybridized carbons (Fsp3) is 0.176. The van der Waals surface area contributed by atoms with E-state index in [4.69, 9.17) is 5.14 Å². The lowest BCUT2D eigenvalue weighted by molar-refractivity contribution is -0.119. The number of rotatable bonds is 7. The predicted octanol–water partition coefficient (Wildman–Crippen LogP) is 0.0167. The average Bonchev–Trinajstić information content (AvgIpc) is 3.21. The number of tetrazole rings is 1. The van der Waals surface area contributed by atoms with Crippen molar-refractivity contribution in [3.8, 4) is 22.5 Å². The lowest BCUT2D eigenvalue weighted by atomic mass is 9.98. The van der Waals surface area contributed by atoms with Crippen molar-refractivity contribution in [3.63, 3.8) is 0 Å². The fourth-order valence-corrected chi connectivity index (χ4v) is 3.47. The lowest BCUT2D eigenvalue weighted by Crippen LogP contribution is -2.30. The Bertz CT molecular complexity index is 1060. The molecule has 11 heteroatoms. The van der Waals surface area contributed by atoms with E-state index in [0.29, 0.717) is 12.1 Å². The molecule has 0 aliphatic heterocycles. The molecule has 0 saturated carbocycles. The van der Waals surface area contributed by atoms with E-state index in [2.05, 4.69) is 31.3 Å². The first-order valence-electron chi connectivity index (χ1n) is 8.30. The summed E-state index contributed by atoms with van der Waals surface area (Å²) in [6, 6.07) is 12.2. The van der Waals surface area contributed by atoms with E-state index in [9.17, 15) is 13.2 Å². The number of nitrogens with one attached hydrogen (secondary N) is 3. The van der Waals surface area contributed by atoms with Gasteiger partial charge in [-0.3, -0.25) is 4.79 Å². The largest absolute Gasteiger partial charge is 0.358 e. The minimum Gasteiger partial charge on any atom is -0.358 e. The second-order valence-corrected chi connectivity index (χ2v) is 7.46. The number of primary sulfonamides is 1. The van der Waals surface area contributed by atoms with Crippen molar-refractivity contribution in [3.05, 3.63) is 48.0 Å². The van der Waals surface area contributed by atoms with Gasteiger partial charge in [0.2, 0.25) is 21.8 Å². The van der Waals surface area contributed by atoms with Gasteiger partial charge in [-0.1, -0.05) is 36.4 Å². The molecule has 0 fully saturated rings. The fourth-order valence-electron chi connectivity index (χ4n) is 2.72. The van der Waals surface area contributed by atoms with Crippen molar-refractivity contribution in [2.75, 3.05) is 13.6 Å². The van der Waals surface area contributed by atoms with Crippen LogP contribution in [-0.4, -0.2) is 48.5 Å². The zero-order valence-electron chi connectivity index (χ0n) is 15.0. The molecule has 3 aromatic rings. The maximum Gasteiger partial charge on any atom is 0.238 e. The number of nitrogens with two attached hydrogens (primary N) is 1. The number of amides is 1. The third-order valence-corrected chi connectivity index (χ3v) is 5.01. The molecule has 1 heterocycles. The molecule has 0 aliphatic rings. The van der Waals surface area contributed by atoms with Crippen molar-refractivity contribution in [2.24, 2.45) is 5.14 Å². The standard InChI is InChI=1S/C17H19N7O3S/c1-19-15(25)10-20-9-11-5-7-12(8-6-11)13-3-2-4-14(28(18,26)27)16(13)17-21-23-24-22-17/h2-8,20H,9-10H2,1H3,(H,19,25)(H2,18,26,27)(H,21,22,23,24). The Morgan fingerprint density at radius 2 is 1.93 bits per heavy atom. The second-order valence-electron chi connectivity index (χ2n) is 5.93. The highest BCUT2D eigenvalue weighted by Crippen LogP contribution is 2.34. The molecule has 0 unspecified atom stereocenters. The monoisotopic (exact) mass is 401 g/mol. The van der Waals surface area contributed by atoms with Gasteiger partial charge in [-0.25, -0.2) is 13.6 Å². The number of sulfonamides is 1. The van der Waals surface area contributed by atoms with Crippen LogP contribution in [0.3, 0.4) is 0 Å². The summed E-state index contributed by atoms with van der Waals surface area (Å²) < 4.78 is 24.1. The maximum atomic E-state index is 12.0. The van der Waals surface area contributed by atoms with Crippen LogP contribution in [0.2, 0.25) is 0 Å². The molecule has 3 rings (SSSR count). The Hall–Kier alpha value is -3.15. The molecular formula is C17H19N7O3S. The molecule has 0 saturated heterocycles. The summed E-state index contributed by atoms with van der Waals surface area (Å²) in [6.45, 7) is 0.735. The maximum absolute atomic E-state index is 12.0. The summed E-state index contributed by atoms with van der Waals surface area (Å²) in [5.74, 6) is 0.0390. The van der Waals surface area contributed by atoms with Crippen LogP contribution in [0.4, 0.5) is 0 Å². The van der Waals surface area contributed by atoms with Crippen molar-refractivity contribution >= 4 is 15.9 Å². The summed E-state index contributed by atoms with van der Waals surface area (Å²) in [7, 11) is -2.41. The van der Waals surface area contributed by atoms with Crippen molar-refractivity contribution in [1.82, 2.24) is 31.3 Å². The summed E-state index contributed by atoms with van der Waals surface area (Å²) in [6.07, 6.45) is 0. The second kappa shape index (κ2) is 8.25. The van der Waals surface area contributed by atoms with Crippen LogP contribution in [0.1, 0.15) is 5.56 Å². The first kappa shape index (κ1) is 19.6. The quantitative estimate of drug-likeness (QED) is 0.435. The van der Waals surface area contributed by atoms with Gasteiger partial charge in [0.25, 0.3) is 0 Å². The van der Waals surface area contributed by atoms with E-state index in [-0.39, 0.29) is 28.7 Å². The van der Waals surface area contributed by atoms with Gasteiger partial charge in [0.1, 0.15) is 0 Å². The highest BCUT2D eigenvalue weighted by Gasteiger charge is 2.22. The minimum atomic E-state index is -3.99. The number of hydrogen-bond acceptors (Lipinski definition) is 7. The van der Waals surface area contributed by atoms with E-state index >= 15 is 0 Å². The van der Waals surface area contributed by atoms with Gasteiger partial charge < -0.3 is 10.6 Å². The zero-order valence-corrected chi connectivity index (χ0v) is 15.8. The van der Waals surface area contributed by atoms with Gasteiger partial charge in [0, 0.05) is 13.6 Å². The minimum absolute atomic E-state index is 0.0808. The predicted molar refractivity (Wildman–Crippen MR) is 102 cm³/mol. The molecule has 28 heavy (non-hydrogen) atoms. The SMILES string of the molecule is CNC(=O)CNCc1ccc(-c2cccc(S(N)(=O)=O)c2-c2nn[nH]n2)cc1. The third kappa shape index (κ3) is 4.39. The van der Waals surface area contributed by atoms with Gasteiger partial charge in [-0.15, -0.1) is 10.2 Å². The summed E-state index contributed by atoms with van der Waals surface area (Å²) in [5.41, 5.74) is 2.62. The molecule has 0 radical (unpaired) electrons. The Morgan fingerprint density at radius 3 is 2.54 bits per heavy atom. The van der Waals surface area contributed by atoms with Gasteiger partial charge in [0.05, 0.1) is 17.0 Å². The number of carbonyl (C=O) groups is 1. The molecule has 10 nitrogen and oxygen atoms in total. The van der Waals surface area contributed by atoms with E-state index in [0.717, 1.165) is 11.1 Å². The van der Waals surface area contributed by atoms with Crippen LogP contribution in [0, 0.1) is 0 Å². The Kier molecular flexibility index (Phi) is 5.78. The van der Waals surface area contributed by atoms with Crippen molar-refractivity contribution < 1.29 is 13.2 Å². The van der Waals surface area contributed by atoms with E-state index in [1.54, 1.807) is 19.2 Å². The number of H-pyrrole nitrogens is 1. The zero-order chi connectivity index (χ0) is 20.1. The Balaban J connectivity index is 1.95. The first-order chi connectivity index (χ1) is 13.4. The first-order valence-corrected chi connectivity index (χ1v) is 9.85. The van der Waals surface area contributed by atoms with Crippen molar-refractivity contribution in [1.29, 1.82) is 0 Å². The molecule has 2 aromatic carbocycles. The average molecular weight is 401 g/mol. The molecule has 0 aliphatic carbocycles. The van der Waals surface area contributed by atoms with Gasteiger partial charge in [-0.2, -0.15) is 5.21 Å². The van der Waals surface area contributed by atoms with E-state index in [1.807, 2.05) is 24.3 Å². The van der Waals surface area contributed by atoms with Gasteiger partial charge in [-0.05, 0) is 28.0 Å². The Labute approximate surface area is 161 Å². The van der Waals surface area contributed by atoms with Crippen LogP contribution < -0.4 is 15.8 Å². The van der Waals surface area contributed by atoms with Crippen LogP contribution in [-0.2, 0) is 21.4 Å². The lowest BCUT2D eigenvalue weighted by Gasteiger charge is -2.12. The molecular weight excluding hydrogens is 382 g/mol. The smallest absolute Gasteiger partial charge is 0.238 e. The highest BCUT2D eigenvalue weighted by atomic mass is 32.2. The Morgan fingerprint density at radius 1 is 1.18 bits per heavy atom. The van der Waals surface area contributed by atoms with Crippen LogP contribution in [0.5, 0.6) is 0 Å². The molecule has 1 aromatic heterocycles. The van der Waals surface area contributed by atoms with Crippen molar-refractivity contribution in [2.45, 2.75) is 11.4 Å². The summed E-state index contributed by atoms with van der Waals surface area (Å²) in [5, 5.41) is 24.6. The van der Waals surface area contributed by atoms with Gasteiger partial charge in [0.15, 0.2) is 0 Å². The van der Waals surface area contributed by atoms with Crippen LogP contribution in [0.15, 0.2) is 47.4 Å². The van der Waals surface area contributed by atoms with E-state index < -0.39 is 10.0 Å². The number of aromatic amines is 1. The molecule has 146 valence electrons. The number of benzene rings is 2. The summed E-state index contributed by atoms with van der Waals surface area (Å²) in [4.78, 5) is 11.2. The molecule has 0 atom stereocenters. The molecule has 0 bridgehead atoms. The number of hydrogen-bond donors (Lipinski definition) is 4. The van der Waals surface area contributed by atoms with Crippen LogP contribution in [0.25, 0.3) is 22.5 Å². The normalized spacial score (nSPS) is 11.4. The number of likely N-dealkylation sites (N-methyl/N-ethyl adjacent to an activating group) is 1. The molecule has 1 amide bonds. The highest BCUT2D eigenvalue weighted by molar-refractivity contribution is 7.89. The molecule has 5 N–H and O–H groups in total. The third-order valence-electron chi connectivity index (χ3n) is 4.06. The number of nitrogens with zero attached hydrogens (tertiary/aromatic N) is 3. The van der Waals surface area contributed by atoms with E-state index in [1.165, 1.54) is 6.07 Å². The summed E-state index contributed by atoms with van der Waals surface area (Å²) >= 11 is 0. The van der Waals surface area contributed by atoms with Crippen LogP contribution >= 0.6 is 0 Å².